The normalized spacial score (nSPS) is 16.4. The van der Waals surface area contributed by atoms with Crippen LogP contribution in [-0.2, 0) is 4.79 Å². The van der Waals surface area contributed by atoms with Crippen molar-refractivity contribution in [2.45, 2.75) is 18.9 Å². The Labute approximate surface area is 160 Å². The van der Waals surface area contributed by atoms with Crippen LogP contribution in [0, 0.1) is 0 Å². The Balaban J connectivity index is 1.66. The van der Waals surface area contributed by atoms with Crippen LogP contribution in [0.2, 0.25) is 0 Å². The van der Waals surface area contributed by atoms with E-state index in [0.29, 0.717) is 24.7 Å². The van der Waals surface area contributed by atoms with E-state index in [1.165, 1.54) is 6.08 Å². The van der Waals surface area contributed by atoms with Crippen molar-refractivity contribution in [1.29, 1.82) is 0 Å². The molecule has 1 aliphatic heterocycles. The average molecular weight is 380 g/mol. The van der Waals surface area contributed by atoms with Gasteiger partial charge in [-0.15, -0.1) is 9.89 Å². The predicted molar refractivity (Wildman–Crippen MR) is 104 cm³/mol. The lowest BCUT2D eigenvalue weighted by molar-refractivity contribution is -0.127. The van der Waals surface area contributed by atoms with Gasteiger partial charge in [-0.05, 0) is 36.4 Å². The number of aromatic amines is 1. The fourth-order valence-corrected chi connectivity index (χ4v) is 3.44. The summed E-state index contributed by atoms with van der Waals surface area (Å²) in [6, 6.07) is 9.42. The maximum atomic E-state index is 12.0. The monoisotopic (exact) mass is 380 g/mol. The molecule has 1 fully saturated rings. The molecule has 28 heavy (non-hydrogen) atoms. The molecule has 3 aromatic rings. The first-order chi connectivity index (χ1) is 13.6. The molecule has 0 spiro atoms. The number of hydrogen-bond donors (Lipinski definition) is 2. The van der Waals surface area contributed by atoms with Crippen molar-refractivity contribution in [2.24, 2.45) is 0 Å². The highest BCUT2D eigenvalue weighted by Crippen LogP contribution is 2.28. The first-order valence-electron chi connectivity index (χ1n) is 8.97. The van der Waals surface area contributed by atoms with Crippen LogP contribution in [0.15, 0.2) is 47.8 Å². The number of rotatable bonds is 5. The summed E-state index contributed by atoms with van der Waals surface area (Å²) in [6.45, 7) is 4.58. The number of fused-ring (bicyclic) bond motifs is 1. The second-order valence-corrected chi connectivity index (χ2v) is 6.60. The number of carbonyl (C=O) groups is 1. The Kier molecular flexibility index (Phi) is 4.56. The highest BCUT2D eigenvalue weighted by molar-refractivity contribution is 5.89. The molecule has 0 aliphatic carbocycles. The van der Waals surface area contributed by atoms with Crippen molar-refractivity contribution in [1.82, 2.24) is 24.8 Å². The largest absolute Gasteiger partial charge is 0.475 e. The number of nitrogens with zero attached hydrogens (tertiary/aromatic N) is 4. The highest BCUT2D eigenvalue weighted by atomic mass is 16.5. The summed E-state index contributed by atoms with van der Waals surface area (Å²) in [6.07, 6.45) is 3.12. The summed E-state index contributed by atoms with van der Waals surface area (Å²) >= 11 is 0. The number of nitrogens with one attached hydrogen (secondary N) is 1. The number of aromatic nitrogens is 4. The first-order valence-corrected chi connectivity index (χ1v) is 8.97. The number of benzene rings is 1. The molecule has 1 aliphatic rings. The second kappa shape index (κ2) is 7.18. The molecule has 3 heterocycles. The van der Waals surface area contributed by atoms with Gasteiger partial charge in [0, 0.05) is 11.9 Å². The number of nitrogen functional groups attached to an aromatic ring is 1. The predicted octanol–water partition coefficient (Wildman–Crippen LogP) is 1.06. The van der Waals surface area contributed by atoms with Crippen molar-refractivity contribution in [3.05, 3.63) is 53.5 Å². The molecular weight excluding hydrogens is 360 g/mol. The van der Waals surface area contributed by atoms with Gasteiger partial charge in [-0.3, -0.25) is 9.78 Å². The Morgan fingerprint density at radius 3 is 3.00 bits per heavy atom. The van der Waals surface area contributed by atoms with Crippen molar-refractivity contribution in [3.8, 4) is 17.4 Å². The summed E-state index contributed by atoms with van der Waals surface area (Å²) in [5.41, 5.74) is -0.0857. The molecule has 1 atom stereocenters. The van der Waals surface area contributed by atoms with Crippen LogP contribution in [-0.4, -0.2) is 49.9 Å². The average Bonchev–Trinajstić information content (AvgIpc) is 3.32. The number of hydrogen-bond acceptors (Lipinski definition) is 6. The van der Waals surface area contributed by atoms with Crippen LogP contribution in [0.3, 0.4) is 0 Å². The van der Waals surface area contributed by atoms with E-state index in [1.54, 1.807) is 4.90 Å². The Bertz CT molecular complexity index is 1100. The summed E-state index contributed by atoms with van der Waals surface area (Å²) in [5, 5.41) is 5.68. The molecule has 144 valence electrons. The van der Waals surface area contributed by atoms with Crippen LogP contribution < -0.4 is 16.3 Å². The van der Waals surface area contributed by atoms with Crippen LogP contribution in [0.5, 0.6) is 5.88 Å². The zero-order chi connectivity index (χ0) is 19.7. The first kappa shape index (κ1) is 17.8. The lowest BCUT2D eigenvalue weighted by atomic mass is 10.1. The van der Waals surface area contributed by atoms with Crippen LogP contribution in [0.1, 0.15) is 12.8 Å². The van der Waals surface area contributed by atoms with Gasteiger partial charge in [-0.1, -0.05) is 24.8 Å². The van der Waals surface area contributed by atoms with Crippen LogP contribution >= 0.6 is 0 Å². The Morgan fingerprint density at radius 2 is 2.25 bits per heavy atom. The third kappa shape index (κ3) is 3.22. The molecule has 9 nitrogen and oxygen atoms in total. The van der Waals surface area contributed by atoms with Gasteiger partial charge in [0.1, 0.15) is 12.3 Å². The molecule has 3 N–H and O–H groups in total. The number of amides is 1. The summed E-state index contributed by atoms with van der Waals surface area (Å²) in [4.78, 5) is 33.2. The lowest BCUT2D eigenvalue weighted by Gasteiger charge is -2.23. The minimum Gasteiger partial charge on any atom is -0.475 e. The van der Waals surface area contributed by atoms with Crippen molar-refractivity contribution in [2.75, 3.05) is 19.0 Å². The summed E-state index contributed by atoms with van der Waals surface area (Å²) in [7, 11) is 0. The van der Waals surface area contributed by atoms with Gasteiger partial charge in [-0.2, -0.15) is 0 Å². The van der Waals surface area contributed by atoms with Crippen molar-refractivity contribution < 1.29 is 9.53 Å². The molecule has 1 aromatic carbocycles. The SMILES string of the molecule is C=CC(=O)N1CCC[C@H]1COc1nc(-c2nn(N)c(=O)[nH]2)cc2ccccc12. The molecule has 0 saturated carbocycles. The molecule has 0 unspecified atom stereocenters. The van der Waals surface area contributed by atoms with E-state index in [1.807, 2.05) is 30.3 Å². The number of ether oxygens (including phenoxy) is 1. The minimum atomic E-state index is -0.531. The fourth-order valence-electron chi connectivity index (χ4n) is 3.44. The zero-order valence-electron chi connectivity index (χ0n) is 15.2. The van der Waals surface area contributed by atoms with E-state index in [0.717, 1.165) is 28.4 Å². The molecule has 1 amide bonds. The lowest BCUT2D eigenvalue weighted by Crippen LogP contribution is -2.38. The van der Waals surface area contributed by atoms with E-state index in [-0.39, 0.29) is 17.8 Å². The molecular formula is C19H20N6O3. The number of pyridine rings is 1. The number of H-pyrrole nitrogens is 1. The van der Waals surface area contributed by atoms with Gasteiger partial charge in [0.25, 0.3) is 0 Å². The molecule has 1 saturated heterocycles. The van der Waals surface area contributed by atoms with Gasteiger partial charge in [0.2, 0.25) is 11.8 Å². The maximum Gasteiger partial charge on any atom is 0.362 e. The van der Waals surface area contributed by atoms with E-state index in [2.05, 4.69) is 21.6 Å². The number of carbonyl (C=O) groups excluding carboxylic acids is 1. The zero-order valence-corrected chi connectivity index (χ0v) is 15.2. The highest BCUT2D eigenvalue weighted by Gasteiger charge is 2.28. The molecule has 0 bridgehead atoms. The third-order valence-corrected chi connectivity index (χ3v) is 4.84. The molecule has 9 heteroatoms. The Hall–Kier alpha value is -3.62. The smallest absolute Gasteiger partial charge is 0.362 e. The van der Waals surface area contributed by atoms with Gasteiger partial charge in [0.05, 0.1) is 6.04 Å². The molecule has 0 radical (unpaired) electrons. The fraction of sp³-hybridized carbons (Fsp3) is 0.263. The standard InChI is InChI=1S/C19H20N6O3/c1-2-16(26)24-9-5-7-13(24)11-28-18-14-8-4-3-6-12(14)10-15(21-18)17-22-19(27)25(20)23-17/h2-4,6,8,10,13H,1,5,7,9,11,20H2,(H,22,23,27)/t13-/m0/s1. The number of likely N-dealkylation sites (tertiary alicyclic amines) is 1. The van der Waals surface area contributed by atoms with Gasteiger partial charge in [-0.25, -0.2) is 9.78 Å². The summed E-state index contributed by atoms with van der Waals surface area (Å²) in [5.74, 6) is 6.06. The van der Waals surface area contributed by atoms with Gasteiger partial charge in [0.15, 0.2) is 5.82 Å². The summed E-state index contributed by atoms with van der Waals surface area (Å²) < 4.78 is 6.03. The minimum absolute atomic E-state index is 0.0298. The van der Waals surface area contributed by atoms with E-state index >= 15 is 0 Å². The van der Waals surface area contributed by atoms with E-state index in [9.17, 15) is 9.59 Å². The topological polar surface area (TPSA) is 119 Å². The van der Waals surface area contributed by atoms with Crippen molar-refractivity contribution >= 4 is 16.7 Å². The van der Waals surface area contributed by atoms with Crippen LogP contribution in [0.4, 0.5) is 0 Å². The second-order valence-electron chi connectivity index (χ2n) is 6.60. The maximum absolute atomic E-state index is 12.0. The Morgan fingerprint density at radius 1 is 1.43 bits per heavy atom. The van der Waals surface area contributed by atoms with Crippen molar-refractivity contribution in [3.63, 3.8) is 0 Å². The quantitative estimate of drug-likeness (QED) is 0.504. The van der Waals surface area contributed by atoms with E-state index in [4.69, 9.17) is 10.6 Å². The third-order valence-electron chi connectivity index (χ3n) is 4.84. The molecule has 2 aromatic heterocycles. The molecule has 4 rings (SSSR count). The number of nitrogens with two attached hydrogens (primary N) is 1. The van der Waals surface area contributed by atoms with Crippen LogP contribution in [0.25, 0.3) is 22.3 Å². The van der Waals surface area contributed by atoms with E-state index < -0.39 is 5.69 Å². The van der Waals surface area contributed by atoms with Gasteiger partial charge >= 0.3 is 5.69 Å². The van der Waals surface area contributed by atoms with Gasteiger partial charge < -0.3 is 15.5 Å².